The number of phenolic OH excluding ortho intramolecular Hbond substituents is 1. The van der Waals surface area contributed by atoms with Crippen LogP contribution in [0.25, 0.3) is 0 Å². The van der Waals surface area contributed by atoms with Gasteiger partial charge in [-0.25, -0.2) is 0 Å². The van der Waals surface area contributed by atoms with Gasteiger partial charge in [0.1, 0.15) is 0 Å². The molecule has 0 aliphatic heterocycles. The molecule has 1 amide bonds. The minimum absolute atomic E-state index is 0.0354. The number of benzene rings is 2. The Kier molecular flexibility index (Phi) is 3.75. The summed E-state index contributed by atoms with van der Waals surface area (Å²) in [6, 6.07) is 8.62. The number of nitrogen functional groups attached to an aromatic ring is 1. The van der Waals surface area contributed by atoms with Crippen LogP contribution in [0.3, 0.4) is 0 Å². The SMILES string of the molecule is Nc1cccc(C(=O)Nc2ccccc2C(F)(F)F)c1O. The third-order valence-electron chi connectivity index (χ3n) is 2.79. The average molecular weight is 296 g/mol. The molecule has 2 aromatic carbocycles. The number of anilines is 2. The maximum Gasteiger partial charge on any atom is 0.418 e. The molecule has 0 saturated carbocycles. The highest BCUT2D eigenvalue weighted by molar-refractivity contribution is 6.07. The summed E-state index contributed by atoms with van der Waals surface area (Å²) in [5, 5.41) is 11.8. The molecule has 0 atom stereocenters. The number of amides is 1. The Hall–Kier alpha value is -2.70. The zero-order valence-electron chi connectivity index (χ0n) is 10.6. The van der Waals surface area contributed by atoms with Crippen molar-refractivity contribution in [1.29, 1.82) is 0 Å². The molecule has 4 N–H and O–H groups in total. The van der Waals surface area contributed by atoms with Gasteiger partial charge in [-0.05, 0) is 24.3 Å². The van der Waals surface area contributed by atoms with Gasteiger partial charge in [0.05, 0.1) is 22.5 Å². The Morgan fingerprint density at radius 1 is 1.10 bits per heavy atom. The molecular formula is C14H11F3N2O2. The summed E-state index contributed by atoms with van der Waals surface area (Å²) >= 11 is 0. The highest BCUT2D eigenvalue weighted by atomic mass is 19.4. The maximum absolute atomic E-state index is 12.8. The number of nitrogens with one attached hydrogen (secondary N) is 1. The van der Waals surface area contributed by atoms with E-state index in [0.29, 0.717) is 0 Å². The average Bonchev–Trinajstić information content (AvgIpc) is 2.41. The molecule has 0 heterocycles. The molecule has 0 aromatic heterocycles. The summed E-state index contributed by atoms with van der Waals surface area (Å²) < 4.78 is 38.5. The summed E-state index contributed by atoms with van der Waals surface area (Å²) in [7, 11) is 0. The van der Waals surface area contributed by atoms with Crippen LogP contribution in [0.2, 0.25) is 0 Å². The molecule has 7 heteroatoms. The van der Waals surface area contributed by atoms with Crippen LogP contribution in [0.1, 0.15) is 15.9 Å². The number of hydrogen-bond donors (Lipinski definition) is 3. The number of aromatic hydroxyl groups is 1. The third-order valence-corrected chi connectivity index (χ3v) is 2.79. The van der Waals surface area contributed by atoms with E-state index in [9.17, 15) is 23.1 Å². The van der Waals surface area contributed by atoms with Gasteiger partial charge in [-0.1, -0.05) is 18.2 Å². The lowest BCUT2D eigenvalue weighted by Crippen LogP contribution is -2.17. The second-order valence-corrected chi connectivity index (χ2v) is 4.24. The van der Waals surface area contributed by atoms with Crippen molar-refractivity contribution in [2.45, 2.75) is 6.18 Å². The fraction of sp³-hybridized carbons (Fsp3) is 0.0714. The van der Waals surface area contributed by atoms with Crippen molar-refractivity contribution in [1.82, 2.24) is 0 Å². The van der Waals surface area contributed by atoms with Gasteiger partial charge in [0.15, 0.2) is 5.75 Å². The van der Waals surface area contributed by atoms with Crippen LogP contribution in [0, 0.1) is 0 Å². The summed E-state index contributed by atoms with van der Waals surface area (Å²) in [5.41, 5.74) is 3.84. The normalized spacial score (nSPS) is 11.2. The summed E-state index contributed by atoms with van der Waals surface area (Å²) in [4.78, 5) is 12.0. The first-order chi connectivity index (χ1) is 9.80. The van der Waals surface area contributed by atoms with E-state index in [4.69, 9.17) is 5.73 Å². The van der Waals surface area contributed by atoms with E-state index >= 15 is 0 Å². The Balaban J connectivity index is 2.35. The van der Waals surface area contributed by atoms with Crippen molar-refractivity contribution in [2.75, 3.05) is 11.1 Å². The lowest BCUT2D eigenvalue weighted by atomic mass is 10.1. The zero-order valence-corrected chi connectivity index (χ0v) is 10.6. The van der Waals surface area contributed by atoms with Crippen molar-refractivity contribution in [2.24, 2.45) is 0 Å². The second-order valence-electron chi connectivity index (χ2n) is 4.24. The molecule has 0 aliphatic rings. The number of carbonyl (C=O) groups is 1. The van der Waals surface area contributed by atoms with Gasteiger partial charge in [0.25, 0.3) is 5.91 Å². The molecule has 2 aromatic rings. The number of carbonyl (C=O) groups excluding carboxylic acids is 1. The number of para-hydroxylation sites is 2. The number of hydrogen-bond acceptors (Lipinski definition) is 3. The van der Waals surface area contributed by atoms with Crippen LogP contribution in [0.5, 0.6) is 5.75 Å². The number of phenols is 1. The Morgan fingerprint density at radius 3 is 2.43 bits per heavy atom. The predicted molar refractivity (Wildman–Crippen MR) is 71.9 cm³/mol. The van der Waals surface area contributed by atoms with E-state index in [1.54, 1.807) is 0 Å². The van der Waals surface area contributed by atoms with Crippen molar-refractivity contribution < 1.29 is 23.1 Å². The first-order valence-corrected chi connectivity index (χ1v) is 5.85. The fourth-order valence-corrected chi connectivity index (χ4v) is 1.77. The monoisotopic (exact) mass is 296 g/mol. The van der Waals surface area contributed by atoms with Gasteiger partial charge in [-0.15, -0.1) is 0 Å². The smallest absolute Gasteiger partial charge is 0.418 e. The fourth-order valence-electron chi connectivity index (χ4n) is 1.77. The molecule has 0 spiro atoms. The van der Waals surface area contributed by atoms with E-state index in [0.717, 1.165) is 12.1 Å². The molecule has 0 bridgehead atoms. The van der Waals surface area contributed by atoms with Crippen LogP contribution in [0.15, 0.2) is 42.5 Å². The molecule has 4 nitrogen and oxygen atoms in total. The van der Waals surface area contributed by atoms with Gasteiger partial charge < -0.3 is 16.2 Å². The molecule has 0 aliphatic carbocycles. The first kappa shape index (κ1) is 14.7. The molecule has 2 rings (SSSR count). The van der Waals surface area contributed by atoms with Crippen molar-refractivity contribution in [3.05, 3.63) is 53.6 Å². The van der Waals surface area contributed by atoms with E-state index in [1.165, 1.54) is 30.3 Å². The number of rotatable bonds is 2. The van der Waals surface area contributed by atoms with E-state index < -0.39 is 29.1 Å². The van der Waals surface area contributed by atoms with Gasteiger partial charge in [-0.3, -0.25) is 4.79 Å². The standard InChI is InChI=1S/C14H11F3N2O2/c15-14(16,17)9-5-1-2-7-11(9)19-13(21)8-4-3-6-10(18)12(8)20/h1-7,20H,18H2,(H,19,21). The molecule has 0 saturated heterocycles. The summed E-state index contributed by atoms with van der Waals surface area (Å²) in [6.45, 7) is 0. The van der Waals surface area contributed by atoms with E-state index in [2.05, 4.69) is 5.32 Å². The first-order valence-electron chi connectivity index (χ1n) is 5.85. The molecule has 110 valence electrons. The number of nitrogens with two attached hydrogens (primary N) is 1. The summed E-state index contributed by atoms with van der Waals surface area (Å²) in [5.74, 6) is -1.35. The van der Waals surface area contributed by atoms with Crippen molar-refractivity contribution in [3.8, 4) is 5.75 Å². The quantitative estimate of drug-likeness (QED) is 0.588. The van der Waals surface area contributed by atoms with Crippen molar-refractivity contribution >= 4 is 17.3 Å². The van der Waals surface area contributed by atoms with Gasteiger partial charge in [-0.2, -0.15) is 13.2 Å². The molecular weight excluding hydrogens is 285 g/mol. The van der Waals surface area contributed by atoms with Crippen LogP contribution >= 0.6 is 0 Å². The topological polar surface area (TPSA) is 75.4 Å². The van der Waals surface area contributed by atoms with Gasteiger partial charge >= 0.3 is 6.18 Å². The number of alkyl halides is 3. The van der Waals surface area contributed by atoms with Crippen LogP contribution in [-0.2, 0) is 6.18 Å². The van der Waals surface area contributed by atoms with E-state index in [-0.39, 0.29) is 11.3 Å². The van der Waals surface area contributed by atoms with Crippen LogP contribution in [-0.4, -0.2) is 11.0 Å². The largest absolute Gasteiger partial charge is 0.505 e. The van der Waals surface area contributed by atoms with Gasteiger partial charge in [0, 0.05) is 0 Å². The molecule has 0 unspecified atom stereocenters. The Morgan fingerprint density at radius 2 is 1.76 bits per heavy atom. The van der Waals surface area contributed by atoms with Crippen LogP contribution in [0.4, 0.5) is 24.5 Å². The lowest BCUT2D eigenvalue weighted by Gasteiger charge is -2.14. The van der Waals surface area contributed by atoms with E-state index in [1.807, 2.05) is 0 Å². The third kappa shape index (κ3) is 3.07. The van der Waals surface area contributed by atoms with Crippen LogP contribution < -0.4 is 11.1 Å². The second kappa shape index (κ2) is 5.35. The lowest BCUT2D eigenvalue weighted by molar-refractivity contribution is -0.136. The molecule has 21 heavy (non-hydrogen) atoms. The highest BCUT2D eigenvalue weighted by Gasteiger charge is 2.33. The van der Waals surface area contributed by atoms with Crippen molar-refractivity contribution in [3.63, 3.8) is 0 Å². The molecule has 0 fully saturated rings. The molecule has 0 radical (unpaired) electrons. The minimum Gasteiger partial charge on any atom is -0.505 e. The summed E-state index contributed by atoms with van der Waals surface area (Å²) in [6.07, 6.45) is -4.60. The highest BCUT2D eigenvalue weighted by Crippen LogP contribution is 2.35. The zero-order chi connectivity index (χ0) is 15.6. The Labute approximate surface area is 118 Å². The maximum atomic E-state index is 12.8. The van der Waals surface area contributed by atoms with Gasteiger partial charge in [0.2, 0.25) is 0 Å². The number of halogens is 3. The predicted octanol–water partition coefficient (Wildman–Crippen LogP) is 3.25. The minimum atomic E-state index is -4.60. The Bertz CT molecular complexity index is 684.